The lowest BCUT2D eigenvalue weighted by molar-refractivity contribution is 0.178. The number of likely N-dealkylation sites (N-methyl/N-ethyl adjacent to an activating group) is 1. The number of hydrogen-bond acceptors (Lipinski definition) is 6. The van der Waals surface area contributed by atoms with Crippen molar-refractivity contribution in [3.8, 4) is 0 Å². The van der Waals surface area contributed by atoms with Gasteiger partial charge >= 0.3 is 0 Å². The van der Waals surface area contributed by atoms with Gasteiger partial charge in [0, 0.05) is 38.8 Å². The van der Waals surface area contributed by atoms with Crippen LogP contribution in [0, 0.1) is 0 Å². The van der Waals surface area contributed by atoms with Crippen molar-refractivity contribution in [2.24, 2.45) is 0 Å². The molecule has 6 nitrogen and oxygen atoms in total. The van der Waals surface area contributed by atoms with E-state index in [-0.39, 0.29) is 0 Å². The summed E-state index contributed by atoms with van der Waals surface area (Å²) in [6, 6.07) is 0. The lowest BCUT2D eigenvalue weighted by Gasteiger charge is -2.33. The maximum atomic E-state index is 4.40. The van der Waals surface area contributed by atoms with E-state index < -0.39 is 0 Å². The topological polar surface area (TPSA) is 56.3 Å². The molecule has 0 saturated carbocycles. The third kappa shape index (κ3) is 3.54. The molecule has 0 radical (unpaired) electrons. The van der Waals surface area contributed by atoms with E-state index in [2.05, 4.69) is 44.6 Å². The van der Waals surface area contributed by atoms with E-state index >= 15 is 0 Å². The van der Waals surface area contributed by atoms with Crippen LogP contribution in [0.1, 0.15) is 18.9 Å². The van der Waals surface area contributed by atoms with Gasteiger partial charge in [0.15, 0.2) is 0 Å². The van der Waals surface area contributed by atoms with Crippen LogP contribution in [-0.2, 0) is 6.42 Å². The number of nitrogens with zero attached hydrogens (tertiary/aromatic N) is 4. The number of aromatic nitrogens is 2. The molecule has 0 aliphatic carbocycles. The third-order valence-corrected chi connectivity index (χ3v) is 3.45. The minimum absolute atomic E-state index is 0.925. The second-order valence-electron chi connectivity index (χ2n) is 4.95. The number of piperazine rings is 1. The Balaban J connectivity index is 2.10. The number of nitrogens with one attached hydrogen (secondary N) is 2. The van der Waals surface area contributed by atoms with E-state index in [0.717, 1.165) is 50.7 Å². The molecule has 19 heavy (non-hydrogen) atoms. The fourth-order valence-corrected chi connectivity index (χ4v) is 2.28. The summed E-state index contributed by atoms with van der Waals surface area (Å²) in [6.07, 6.45) is 3.68. The lowest BCUT2D eigenvalue weighted by Crippen LogP contribution is -2.47. The van der Waals surface area contributed by atoms with Crippen LogP contribution in [0.2, 0.25) is 0 Å². The molecule has 6 heteroatoms. The summed E-state index contributed by atoms with van der Waals surface area (Å²) in [6.45, 7) is 6.37. The quantitative estimate of drug-likeness (QED) is 0.829. The number of rotatable bonds is 5. The van der Waals surface area contributed by atoms with Gasteiger partial charge in [0.25, 0.3) is 0 Å². The number of hydrogen-bond donors (Lipinski definition) is 2. The van der Waals surface area contributed by atoms with E-state index in [9.17, 15) is 0 Å². The Labute approximate surface area is 115 Å². The van der Waals surface area contributed by atoms with Crippen molar-refractivity contribution < 1.29 is 0 Å². The van der Waals surface area contributed by atoms with E-state index in [0.29, 0.717) is 0 Å². The summed E-state index contributed by atoms with van der Waals surface area (Å²) in [7, 11) is 4.06. The summed E-state index contributed by atoms with van der Waals surface area (Å²) in [5.41, 5.74) is 4.62. The zero-order valence-corrected chi connectivity index (χ0v) is 12.1. The predicted molar refractivity (Wildman–Crippen MR) is 78.3 cm³/mol. The lowest BCUT2D eigenvalue weighted by atomic mass is 10.1. The standard InChI is InChI=1S/C13H24N6/c1-4-5-11-12(14-2)15-10-16-13(11)17-19-8-6-18(3)7-9-19/h10H,4-9H2,1-3H3,(H2,14,15,16,17). The molecule has 1 aliphatic heterocycles. The molecule has 0 atom stereocenters. The van der Waals surface area contributed by atoms with Crippen LogP contribution in [0.4, 0.5) is 11.6 Å². The monoisotopic (exact) mass is 264 g/mol. The Hall–Kier alpha value is -1.40. The maximum absolute atomic E-state index is 4.40. The Morgan fingerprint density at radius 1 is 1.16 bits per heavy atom. The highest BCUT2D eigenvalue weighted by molar-refractivity contribution is 5.56. The smallest absolute Gasteiger partial charge is 0.149 e. The highest BCUT2D eigenvalue weighted by Crippen LogP contribution is 2.21. The molecule has 2 rings (SSSR count). The molecule has 1 aromatic heterocycles. The number of anilines is 2. The van der Waals surface area contributed by atoms with Crippen LogP contribution >= 0.6 is 0 Å². The van der Waals surface area contributed by atoms with E-state index in [1.54, 1.807) is 6.33 Å². The molecular weight excluding hydrogens is 240 g/mol. The molecule has 1 fully saturated rings. The van der Waals surface area contributed by atoms with Gasteiger partial charge in [0.2, 0.25) is 0 Å². The highest BCUT2D eigenvalue weighted by Gasteiger charge is 2.16. The summed E-state index contributed by atoms with van der Waals surface area (Å²) in [4.78, 5) is 11.0. The van der Waals surface area contributed by atoms with Gasteiger partial charge in [0.1, 0.15) is 18.0 Å². The van der Waals surface area contributed by atoms with Gasteiger partial charge in [-0.2, -0.15) is 0 Å². The minimum Gasteiger partial charge on any atom is -0.373 e. The first-order valence-corrected chi connectivity index (χ1v) is 6.96. The van der Waals surface area contributed by atoms with Gasteiger partial charge < -0.3 is 15.6 Å². The zero-order chi connectivity index (χ0) is 13.7. The Bertz CT molecular complexity index is 400. The van der Waals surface area contributed by atoms with Crippen molar-refractivity contribution in [3.05, 3.63) is 11.9 Å². The highest BCUT2D eigenvalue weighted by atomic mass is 15.5. The van der Waals surface area contributed by atoms with Crippen LogP contribution in [0.3, 0.4) is 0 Å². The predicted octanol–water partition coefficient (Wildman–Crippen LogP) is 1.05. The molecule has 1 aromatic rings. The summed E-state index contributed by atoms with van der Waals surface area (Å²) in [5, 5.41) is 5.38. The molecule has 1 saturated heterocycles. The molecule has 0 unspecified atom stereocenters. The average molecular weight is 264 g/mol. The van der Waals surface area contributed by atoms with Crippen LogP contribution < -0.4 is 10.7 Å². The van der Waals surface area contributed by atoms with Crippen molar-refractivity contribution in [1.82, 2.24) is 19.9 Å². The first-order valence-electron chi connectivity index (χ1n) is 6.96. The molecule has 2 N–H and O–H groups in total. The Morgan fingerprint density at radius 3 is 2.47 bits per heavy atom. The summed E-state index contributed by atoms with van der Waals surface area (Å²) in [5.74, 6) is 1.86. The van der Waals surface area contributed by atoms with Crippen molar-refractivity contribution in [2.45, 2.75) is 19.8 Å². The fourth-order valence-electron chi connectivity index (χ4n) is 2.28. The molecule has 2 heterocycles. The molecule has 0 aromatic carbocycles. The van der Waals surface area contributed by atoms with Crippen molar-refractivity contribution in [2.75, 3.05) is 51.0 Å². The normalized spacial score (nSPS) is 17.4. The second kappa shape index (κ2) is 6.68. The van der Waals surface area contributed by atoms with Crippen molar-refractivity contribution in [1.29, 1.82) is 0 Å². The molecule has 0 bridgehead atoms. The average Bonchev–Trinajstić information content (AvgIpc) is 2.43. The second-order valence-corrected chi connectivity index (χ2v) is 4.95. The Morgan fingerprint density at radius 2 is 1.84 bits per heavy atom. The van der Waals surface area contributed by atoms with Gasteiger partial charge in [-0.1, -0.05) is 13.3 Å². The van der Waals surface area contributed by atoms with Gasteiger partial charge in [-0.3, -0.25) is 0 Å². The van der Waals surface area contributed by atoms with Crippen LogP contribution in [-0.4, -0.2) is 60.2 Å². The largest absolute Gasteiger partial charge is 0.373 e. The van der Waals surface area contributed by atoms with E-state index in [1.807, 2.05) is 7.05 Å². The third-order valence-electron chi connectivity index (χ3n) is 3.45. The molecule has 106 valence electrons. The summed E-state index contributed by atoms with van der Waals surface area (Å²) < 4.78 is 0. The number of hydrazine groups is 1. The van der Waals surface area contributed by atoms with Gasteiger partial charge in [-0.25, -0.2) is 15.0 Å². The fraction of sp³-hybridized carbons (Fsp3) is 0.692. The Kier molecular flexibility index (Phi) is 4.93. The summed E-state index contributed by atoms with van der Waals surface area (Å²) >= 11 is 0. The van der Waals surface area contributed by atoms with Gasteiger partial charge in [-0.15, -0.1) is 0 Å². The van der Waals surface area contributed by atoms with Crippen LogP contribution in [0.15, 0.2) is 6.33 Å². The first-order chi connectivity index (χ1) is 9.24. The van der Waals surface area contributed by atoms with Gasteiger partial charge in [0.05, 0.1) is 0 Å². The molecular formula is C13H24N6. The molecule has 1 aliphatic rings. The van der Waals surface area contributed by atoms with Gasteiger partial charge in [-0.05, 0) is 13.5 Å². The van der Waals surface area contributed by atoms with Crippen molar-refractivity contribution >= 4 is 11.6 Å². The zero-order valence-electron chi connectivity index (χ0n) is 12.1. The maximum Gasteiger partial charge on any atom is 0.149 e. The first kappa shape index (κ1) is 14.0. The molecule has 0 amide bonds. The van der Waals surface area contributed by atoms with Crippen LogP contribution in [0.25, 0.3) is 0 Å². The van der Waals surface area contributed by atoms with Crippen molar-refractivity contribution in [3.63, 3.8) is 0 Å². The van der Waals surface area contributed by atoms with Crippen LogP contribution in [0.5, 0.6) is 0 Å². The van der Waals surface area contributed by atoms with E-state index in [1.165, 1.54) is 5.56 Å². The minimum atomic E-state index is 0.925. The van der Waals surface area contributed by atoms with E-state index in [4.69, 9.17) is 0 Å². The SMILES string of the molecule is CCCc1c(NC)ncnc1NN1CCN(C)CC1. The molecule has 0 spiro atoms.